The lowest BCUT2D eigenvalue weighted by Gasteiger charge is -2.26. The molecule has 4 rings (SSSR count). The van der Waals surface area contributed by atoms with Crippen LogP contribution in [0.3, 0.4) is 0 Å². The fourth-order valence-corrected chi connectivity index (χ4v) is 3.99. The lowest BCUT2D eigenvalue weighted by atomic mass is 9.90. The summed E-state index contributed by atoms with van der Waals surface area (Å²) in [6, 6.07) is 4.58. The Morgan fingerprint density at radius 2 is 2.28 bits per heavy atom. The molecule has 0 saturated heterocycles. The molecule has 0 fully saturated rings. The van der Waals surface area contributed by atoms with Crippen LogP contribution in [0.1, 0.15) is 40.7 Å². The van der Waals surface area contributed by atoms with Crippen molar-refractivity contribution < 1.29 is 9.18 Å². The number of likely N-dealkylation sites (N-methyl/N-ethyl adjacent to an activating group) is 1. The number of nitrogens with two attached hydrogens (primary N) is 1. The van der Waals surface area contributed by atoms with Gasteiger partial charge in [0.25, 0.3) is 0 Å². The first-order valence-corrected chi connectivity index (χ1v) is 8.87. The van der Waals surface area contributed by atoms with E-state index in [0.29, 0.717) is 18.8 Å². The molecule has 2 aliphatic heterocycles. The summed E-state index contributed by atoms with van der Waals surface area (Å²) in [4.78, 5) is 15.5. The average molecular weight is 342 g/mol. The number of nitrogens with one attached hydrogen (secondary N) is 1. The minimum atomic E-state index is -0.370. The van der Waals surface area contributed by atoms with E-state index in [2.05, 4.69) is 17.1 Å². The van der Waals surface area contributed by atoms with Crippen molar-refractivity contribution in [2.75, 3.05) is 30.7 Å². The smallest absolute Gasteiger partial charge is 0.239 e. The summed E-state index contributed by atoms with van der Waals surface area (Å²) < 4.78 is 15.3. The molecule has 0 radical (unpaired) electrons. The predicted octanol–water partition coefficient (Wildman–Crippen LogP) is 2.83. The first kappa shape index (κ1) is 16.1. The Morgan fingerprint density at radius 1 is 1.44 bits per heavy atom. The maximum Gasteiger partial charge on any atom is 0.239 e. The van der Waals surface area contributed by atoms with Gasteiger partial charge in [0.2, 0.25) is 5.91 Å². The van der Waals surface area contributed by atoms with Gasteiger partial charge in [-0.15, -0.1) is 0 Å². The topological polar surface area (TPSA) is 63.3 Å². The molecule has 25 heavy (non-hydrogen) atoms. The Balaban J connectivity index is 1.69. The minimum Gasteiger partial charge on any atom is -0.385 e. The molecule has 0 aliphatic carbocycles. The van der Waals surface area contributed by atoms with E-state index < -0.39 is 0 Å². The lowest BCUT2D eigenvalue weighted by Crippen LogP contribution is -2.29. The van der Waals surface area contributed by atoms with E-state index in [1.165, 1.54) is 12.1 Å². The van der Waals surface area contributed by atoms with Crippen molar-refractivity contribution in [3.05, 3.63) is 46.9 Å². The van der Waals surface area contributed by atoms with Crippen LogP contribution < -0.4 is 11.1 Å². The molecule has 0 saturated carbocycles. The summed E-state index contributed by atoms with van der Waals surface area (Å²) >= 11 is 0. The molecule has 6 heteroatoms. The molecule has 0 spiro atoms. The van der Waals surface area contributed by atoms with Crippen molar-refractivity contribution in [1.29, 1.82) is 0 Å². The predicted molar refractivity (Wildman–Crippen MR) is 96.4 cm³/mol. The number of fused-ring (bicyclic) bond motifs is 2. The van der Waals surface area contributed by atoms with E-state index in [1.807, 2.05) is 6.20 Å². The molecule has 1 aromatic heterocycles. The van der Waals surface area contributed by atoms with Gasteiger partial charge in [-0.25, -0.2) is 4.39 Å². The van der Waals surface area contributed by atoms with Crippen LogP contribution in [0.15, 0.2) is 24.4 Å². The van der Waals surface area contributed by atoms with Gasteiger partial charge in [0.1, 0.15) is 11.6 Å². The summed E-state index contributed by atoms with van der Waals surface area (Å²) in [5.41, 5.74) is 10.1. The lowest BCUT2D eigenvalue weighted by molar-refractivity contribution is 0.0875. The van der Waals surface area contributed by atoms with Crippen LogP contribution in [-0.4, -0.2) is 35.0 Å². The van der Waals surface area contributed by atoms with Gasteiger partial charge in [0, 0.05) is 37.1 Å². The number of anilines is 2. The van der Waals surface area contributed by atoms with Gasteiger partial charge in [0.05, 0.1) is 5.92 Å². The molecular formula is C19H23FN4O. The van der Waals surface area contributed by atoms with E-state index in [0.717, 1.165) is 48.4 Å². The van der Waals surface area contributed by atoms with Gasteiger partial charge in [-0.1, -0.05) is 6.92 Å². The highest BCUT2D eigenvalue weighted by Gasteiger charge is 2.31. The summed E-state index contributed by atoms with van der Waals surface area (Å²) in [7, 11) is 0. The molecule has 0 bridgehead atoms. The highest BCUT2D eigenvalue weighted by atomic mass is 19.1. The Hall–Kier alpha value is -2.34. The summed E-state index contributed by atoms with van der Waals surface area (Å²) in [6.45, 7) is 5.61. The Bertz CT molecular complexity index is 829. The van der Waals surface area contributed by atoms with Gasteiger partial charge in [-0.2, -0.15) is 0 Å². The van der Waals surface area contributed by atoms with E-state index in [-0.39, 0.29) is 17.6 Å². The van der Waals surface area contributed by atoms with Crippen molar-refractivity contribution in [1.82, 2.24) is 9.47 Å². The fourth-order valence-electron chi connectivity index (χ4n) is 3.99. The van der Waals surface area contributed by atoms with Crippen molar-refractivity contribution in [3.8, 4) is 0 Å². The Labute approximate surface area is 146 Å². The van der Waals surface area contributed by atoms with Gasteiger partial charge < -0.3 is 11.1 Å². The van der Waals surface area contributed by atoms with Gasteiger partial charge >= 0.3 is 0 Å². The molecule has 3 N–H and O–H groups in total. The number of nitrogen functional groups attached to an aromatic ring is 1. The van der Waals surface area contributed by atoms with Gasteiger partial charge in [-0.05, 0) is 48.7 Å². The van der Waals surface area contributed by atoms with Crippen molar-refractivity contribution in [2.45, 2.75) is 32.2 Å². The Kier molecular flexibility index (Phi) is 4.00. The number of benzene rings is 1. The fraction of sp³-hybridized carbons (Fsp3) is 0.421. The molecule has 132 valence electrons. The second-order valence-electron chi connectivity index (χ2n) is 6.84. The number of hydrogen-bond acceptors (Lipinski definition) is 4. The van der Waals surface area contributed by atoms with Crippen LogP contribution in [0.5, 0.6) is 0 Å². The Morgan fingerprint density at radius 3 is 3.08 bits per heavy atom. The largest absolute Gasteiger partial charge is 0.385 e. The third-order valence-electron chi connectivity index (χ3n) is 5.43. The number of carbonyl (C=O) groups excluding carboxylic acids is 1. The van der Waals surface area contributed by atoms with E-state index >= 15 is 0 Å². The maximum atomic E-state index is 13.7. The molecule has 2 aliphatic rings. The quantitative estimate of drug-likeness (QED) is 0.881. The van der Waals surface area contributed by atoms with E-state index in [4.69, 9.17) is 5.73 Å². The second-order valence-corrected chi connectivity index (χ2v) is 6.84. The number of rotatable bonds is 2. The second kappa shape index (κ2) is 6.19. The zero-order valence-corrected chi connectivity index (χ0v) is 14.4. The number of halogens is 1. The SMILES string of the molecule is CCN1CCc2c(cn(C(=O)[C@H]3CCNc4ccc(F)cc43)c2N)C1. The van der Waals surface area contributed by atoms with Crippen LogP contribution in [0.2, 0.25) is 0 Å². The number of carbonyl (C=O) groups is 1. The van der Waals surface area contributed by atoms with Crippen molar-refractivity contribution >= 4 is 17.4 Å². The third-order valence-corrected chi connectivity index (χ3v) is 5.43. The normalized spacial score (nSPS) is 19.8. The highest BCUT2D eigenvalue weighted by Crippen LogP contribution is 2.35. The third kappa shape index (κ3) is 2.70. The molecular weight excluding hydrogens is 319 g/mol. The van der Waals surface area contributed by atoms with Gasteiger partial charge in [0.15, 0.2) is 0 Å². The van der Waals surface area contributed by atoms with Crippen LogP contribution in [-0.2, 0) is 13.0 Å². The average Bonchev–Trinajstić information content (AvgIpc) is 2.96. The molecule has 5 nitrogen and oxygen atoms in total. The molecule has 2 aromatic rings. The molecule has 1 atom stereocenters. The highest BCUT2D eigenvalue weighted by molar-refractivity contribution is 5.91. The maximum absolute atomic E-state index is 13.7. The molecule has 3 heterocycles. The number of hydrogen-bond donors (Lipinski definition) is 2. The molecule has 0 unspecified atom stereocenters. The molecule has 1 aromatic carbocycles. The monoisotopic (exact) mass is 342 g/mol. The summed E-state index contributed by atoms with van der Waals surface area (Å²) in [6.07, 6.45) is 3.39. The zero-order chi connectivity index (χ0) is 17.6. The van der Waals surface area contributed by atoms with Crippen LogP contribution in [0, 0.1) is 5.82 Å². The first-order valence-electron chi connectivity index (χ1n) is 8.87. The zero-order valence-electron chi connectivity index (χ0n) is 14.4. The number of aromatic nitrogens is 1. The first-order chi connectivity index (χ1) is 12.1. The van der Waals surface area contributed by atoms with Gasteiger partial charge in [-0.3, -0.25) is 14.3 Å². The van der Waals surface area contributed by atoms with Crippen LogP contribution in [0.4, 0.5) is 15.9 Å². The van der Waals surface area contributed by atoms with E-state index in [1.54, 1.807) is 10.6 Å². The minimum absolute atomic E-state index is 0.0664. The summed E-state index contributed by atoms with van der Waals surface area (Å²) in [5, 5.41) is 3.24. The standard InChI is InChI=1S/C19H23FN4O/c1-2-23-8-6-14-12(10-23)11-24(18(14)21)19(25)15-5-7-22-17-4-3-13(20)9-16(15)17/h3-4,9,11,15,22H,2,5-8,10,21H2,1H3/t15-/m0/s1. The van der Waals surface area contributed by atoms with E-state index in [9.17, 15) is 9.18 Å². The van der Waals surface area contributed by atoms with Crippen LogP contribution in [0.25, 0.3) is 0 Å². The molecule has 0 amide bonds. The summed E-state index contributed by atoms with van der Waals surface area (Å²) in [5.74, 6) is -0.209. The number of nitrogens with zero attached hydrogens (tertiary/aromatic N) is 2. The van der Waals surface area contributed by atoms with Crippen molar-refractivity contribution in [2.24, 2.45) is 0 Å². The van der Waals surface area contributed by atoms with Crippen LogP contribution >= 0.6 is 0 Å². The van der Waals surface area contributed by atoms with Crippen molar-refractivity contribution in [3.63, 3.8) is 0 Å².